The van der Waals surface area contributed by atoms with Crippen molar-refractivity contribution in [1.82, 2.24) is 9.80 Å². The molecule has 1 N–H and O–H groups in total. The van der Waals surface area contributed by atoms with E-state index in [9.17, 15) is 13.2 Å². The predicted octanol–water partition coefficient (Wildman–Crippen LogP) is 1.32. The molecule has 0 spiro atoms. The van der Waals surface area contributed by atoms with Crippen molar-refractivity contribution < 1.29 is 18.3 Å². The molecule has 0 aliphatic carbocycles. The molecule has 2 fully saturated rings. The summed E-state index contributed by atoms with van der Waals surface area (Å²) in [7, 11) is -3.00. The molecule has 1 aromatic rings. The van der Waals surface area contributed by atoms with E-state index in [1.54, 1.807) is 12.1 Å². The van der Waals surface area contributed by atoms with Crippen LogP contribution in [0.5, 0.6) is 0 Å². The van der Waals surface area contributed by atoms with Gasteiger partial charge in [0.15, 0.2) is 9.84 Å². The van der Waals surface area contributed by atoms with Crippen LogP contribution in [0.15, 0.2) is 24.3 Å². The van der Waals surface area contributed by atoms with Crippen molar-refractivity contribution in [2.45, 2.75) is 32.5 Å². The lowest BCUT2D eigenvalue weighted by atomic mass is 10.0. The zero-order chi connectivity index (χ0) is 18.2. The van der Waals surface area contributed by atoms with Crippen molar-refractivity contribution in [3.05, 3.63) is 35.4 Å². The van der Waals surface area contributed by atoms with Gasteiger partial charge in [0, 0.05) is 38.3 Å². The molecule has 2 saturated heterocycles. The van der Waals surface area contributed by atoms with Gasteiger partial charge in [-0.3, -0.25) is 9.80 Å². The van der Waals surface area contributed by atoms with E-state index in [4.69, 9.17) is 5.11 Å². The fourth-order valence-electron chi connectivity index (χ4n) is 3.98. The first-order chi connectivity index (χ1) is 11.7. The molecule has 2 aliphatic heterocycles. The molecule has 2 aliphatic rings. The van der Waals surface area contributed by atoms with Crippen molar-refractivity contribution in [3.8, 4) is 0 Å². The van der Waals surface area contributed by atoms with Gasteiger partial charge < -0.3 is 5.11 Å². The molecule has 25 heavy (non-hydrogen) atoms. The second-order valence-electron chi connectivity index (χ2n) is 7.57. The van der Waals surface area contributed by atoms with Crippen LogP contribution in [0.4, 0.5) is 0 Å². The summed E-state index contributed by atoms with van der Waals surface area (Å²) in [5, 5.41) is 9.00. The number of piperazine rings is 1. The van der Waals surface area contributed by atoms with Gasteiger partial charge in [-0.25, -0.2) is 13.2 Å². The van der Waals surface area contributed by atoms with Gasteiger partial charge >= 0.3 is 5.97 Å². The highest BCUT2D eigenvalue weighted by atomic mass is 32.2. The highest BCUT2D eigenvalue weighted by Gasteiger charge is 2.46. The number of sulfone groups is 1. The van der Waals surface area contributed by atoms with Crippen LogP contribution in [0.25, 0.3) is 0 Å². The Morgan fingerprint density at radius 2 is 1.68 bits per heavy atom. The normalized spacial score (nSPS) is 26.7. The fourth-order valence-corrected chi connectivity index (χ4v) is 6.02. The van der Waals surface area contributed by atoms with E-state index in [0.29, 0.717) is 12.5 Å². The largest absolute Gasteiger partial charge is 0.478 e. The highest BCUT2D eigenvalue weighted by molar-refractivity contribution is 7.91. The Morgan fingerprint density at radius 1 is 1.12 bits per heavy atom. The maximum Gasteiger partial charge on any atom is 0.335 e. The van der Waals surface area contributed by atoms with Gasteiger partial charge in [0.1, 0.15) is 0 Å². The Kier molecular flexibility index (Phi) is 5.18. The Morgan fingerprint density at radius 3 is 2.24 bits per heavy atom. The Bertz CT molecular complexity index is 730. The zero-order valence-corrected chi connectivity index (χ0v) is 15.6. The molecule has 0 radical (unpaired) electrons. The van der Waals surface area contributed by atoms with E-state index in [1.165, 1.54) is 0 Å². The van der Waals surface area contributed by atoms with E-state index in [-0.39, 0.29) is 29.2 Å². The number of carboxylic acids is 1. The number of hydrogen-bond donors (Lipinski definition) is 1. The van der Waals surface area contributed by atoms with Gasteiger partial charge in [0.25, 0.3) is 0 Å². The number of benzene rings is 1. The predicted molar refractivity (Wildman–Crippen MR) is 96.5 cm³/mol. The minimum absolute atomic E-state index is 0.0247. The van der Waals surface area contributed by atoms with E-state index < -0.39 is 15.8 Å². The van der Waals surface area contributed by atoms with Gasteiger partial charge in [0.2, 0.25) is 0 Å². The highest BCUT2D eigenvalue weighted by Crippen LogP contribution is 2.28. The average molecular weight is 366 g/mol. The van der Waals surface area contributed by atoms with Crippen molar-refractivity contribution in [1.29, 1.82) is 0 Å². The summed E-state index contributed by atoms with van der Waals surface area (Å²) < 4.78 is 24.5. The minimum atomic E-state index is -3.00. The molecular formula is C18H26N2O4S. The molecule has 0 amide bonds. The molecule has 2 heterocycles. The number of aromatic carboxylic acids is 1. The number of rotatable bonds is 5. The second-order valence-corrected chi connectivity index (χ2v) is 9.73. The minimum Gasteiger partial charge on any atom is -0.478 e. The van der Waals surface area contributed by atoms with Crippen LogP contribution in [0.3, 0.4) is 0 Å². The molecule has 0 saturated carbocycles. The smallest absolute Gasteiger partial charge is 0.335 e. The molecule has 0 unspecified atom stereocenters. The Hall–Kier alpha value is -1.44. The zero-order valence-electron chi connectivity index (χ0n) is 14.8. The summed E-state index contributed by atoms with van der Waals surface area (Å²) in [6.07, 6.45) is 0. The third-order valence-corrected chi connectivity index (χ3v) is 6.79. The summed E-state index contributed by atoms with van der Waals surface area (Å²) in [6.45, 7) is 7.62. The second kappa shape index (κ2) is 7.05. The number of fused-ring (bicyclic) bond motifs is 1. The topological polar surface area (TPSA) is 77.9 Å². The first kappa shape index (κ1) is 18.4. The first-order valence-electron chi connectivity index (χ1n) is 8.76. The molecule has 6 nitrogen and oxygen atoms in total. The molecular weight excluding hydrogens is 340 g/mol. The van der Waals surface area contributed by atoms with Crippen LogP contribution >= 0.6 is 0 Å². The average Bonchev–Trinajstić information content (AvgIpc) is 2.86. The lowest BCUT2D eigenvalue weighted by Gasteiger charge is -2.44. The van der Waals surface area contributed by atoms with Crippen molar-refractivity contribution in [2.75, 3.05) is 31.1 Å². The lowest BCUT2D eigenvalue weighted by Crippen LogP contribution is -2.59. The Labute approximate surface area is 149 Å². The molecule has 2 atom stereocenters. The third kappa shape index (κ3) is 4.22. The standard InChI is InChI=1S/C18H26N2O4S/c1-13(2)9-19-7-8-20(17-12-25(23,24)11-16(17)19)10-14-3-5-15(6-4-14)18(21)22/h3-6,13,16-17H,7-12H2,1-2H3,(H,21,22)/t16-,17+/m0/s1. The van der Waals surface area contributed by atoms with Crippen molar-refractivity contribution in [2.24, 2.45) is 5.92 Å². The quantitative estimate of drug-likeness (QED) is 0.847. The molecule has 1 aromatic carbocycles. The van der Waals surface area contributed by atoms with Crippen LogP contribution in [0.2, 0.25) is 0 Å². The van der Waals surface area contributed by atoms with Gasteiger partial charge in [-0.1, -0.05) is 26.0 Å². The summed E-state index contributed by atoms with van der Waals surface area (Å²) >= 11 is 0. The number of carbonyl (C=O) groups is 1. The van der Waals surface area contributed by atoms with Crippen molar-refractivity contribution in [3.63, 3.8) is 0 Å². The van der Waals surface area contributed by atoms with Gasteiger partial charge in [0.05, 0.1) is 17.1 Å². The molecule has 0 bridgehead atoms. The lowest BCUT2D eigenvalue weighted by molar-refractivity contribution is 0.0337. The van der Waals surface area contributed by atoms with Gasteiger partial charge in [-0.05, 0) is 23.6 Å². The van der Waals surface area contributed by atoms with E-state index in [1.807, 2.05) is 12.1 Å². The molecule has 138 valence electrons. The summed E-state index contributed by atoms with van der Waals surface area (Å²) in [5.74, 6) is 0.0491. The number of hydrogen-bond acceptors (Lipinski definition) is 5. The van der Waals surface area contributed by atoms with Crippen LogP contribution in [-0.4, -0.2) is 72.5 Å². The Balaban J connectivity index is 1.75. The third-order valence-electron chi connectivity index (χ3n) is 5.09. The summed E-state index contributed by atoms with van der Waals surface area (Å²) in [4.78, 5) is 15.6. The van der Waals surface area contributed by atoms with E-state index in [2.05, 4.69) is 23.6 Å². The fraction of sp³-hybridized carbons (Fsp3) is 0.611. The van der Waals surface area contributed by atoms with Gasteiger partial charge in [-0.15, -0.1) is 0 Å². The SMILES string of the molecule is CC(C)CN1CCN(Cc2ccc(C(=O)O)cc2)[C@@H]2CS(=O)(=O)C[C@@H]21. The summed E-state index contributed by atoms with van der Waals surface area (Å²) in [6, 6.07) is 6.95. The first-order valence-corrected chi connectivity index (χ1v) is 10.6. The number of nitrogens with zero attached hydrogens (tertiary/aromatic N) is 2. The maximum absolute atomic E-state index is 12.2. The molecule has 3 rings (SSSR count). The van der Waals surface area contributed by atoms with Crippen LogP contribution in [0, 0.1) is 5.92 Å². The molecule has 0 aromatic heterocycles. The number of carboxylic acid groups (broad SMARTS) is 1. The summed E-state index contributed by atoms with van der Waals surface area (Å²) in [5.41, 5.74) is 1.29. The van der Waals surface area contributed by atoms with Crippen LogP contribution < -0.4 is 0 Å². The van der Waals surface area contributed by atoms with Crippen LogP contribution in [0.1, 0.15) is 29.8 Å². The maximum atomic E-state index is 12.2. The van der Waals surface area contributed by atoms with Crippen LogP contribution in [-0.2, 0) is 16.4 Å². The van der Waals surface area contributed by atoms with Gasteiger partial charge in [-0.2, -0.15) is 0 Å². The monoisotopic (exact) mass is 366 g/mol. The van der Waals surface area contributed by atoms with Crippen molar-refractivity contribution >= 4 is 15.8 Å². The molecule has 7 heteroatoms. The van der Waals surface area contributed by atoms with E-state index >= 15 is 0 Å². The van der Waals surface area contributed by atoms with E-state index in [0.717, 1.165) is 25.2 Å².